The van der Waals surface area contributed by atoms with Crippen LogP contribution >= 0.6 is 0 Å². The molecule has 0 N–H and O–H groups in total. The maximum atomic E-state index is 11.5. The summed E-state index contributed by atoms with van der Waals surface area (Å²) in [4.78, 5) is 24.7. The minimum atomic E-state index is -0.639. The van der Waals surface area contributed by atoms with Gasteiger partial charge in [0.1, 0.15) is 6.04 Å². The van der Waals surface area contributed by atoms with E-state index in [1.165, 1.54) is 6.08 Å². The molecule has 3 nitrogen and oxygen atoms in total. The van der Waals surface area contributed by atoms with Crippen molar-refractivity contribution in [1.29, 1.82) is 0 Å². The summed E-state index contributed by atoms with van der Waals surface area (Å²) in [6.45, 7) is 1.57. The molecule has 1 atom stereocenters. The van der Waals surface area contributed by atoms with Crippen molar-refractivity contribution >= 4 is 11.9 Å². The van der Waals surface area contributed by atoms with E-state index in [9.17, 15) is 9.59 Å². The third kappa shape index (κ3) is 2.36. The molecule has 0 saturated carbocycles. The number of rotatable bonds is 3. The first-order valence-corrected chi connectivity index (χ1v) is 3.92. The summed E-state index contributed by atoms with van der Waals surface area (Å²) < 4.78 is 0. The van der Waals surface area contributed by atoms with E-state index in [0.29, 0.717) is 5.56 Å². The minimum absolute atomic E-state index is 0.163. The van der Waals surface area contributed by atoms with Crippen LogP contribution in [0.2, 0.25) is 0 Å². The Morgan fingerprint density at radius 1 is 1.38 bits per heavy atom. The molecule has 0 spiro atoms. The maximum Gasteiger partial charge on any atom is 0.235 e. The number of benzene rings is 1. The van der Waals surface area contributed by atoms with Gasteiger partial charge >= 0.3 is 0 Å². The highest BCUT2D eigenvalue weighted by Gasteiger charge is 2.12. The highest BCUT2D eigenvalue weighted by atomic mass is 16.1. The zero-order chi connectivity index (χ0) is 9.68. The number of isocyanates is 1. The van der Waals surface area contributed by atoms with E-state index in [2.05, 4.69) is 4.99 Å². The molecule has 0 saturated heterocycles. The predicted molar refractivity (Wildman–Crippen MR) is 48.4 cm³/mol. The van der Waals surface area contributed by atoms with Crippen LogP contribution in [-0.2, 0) is 4.79 Å². The van der Waals surface area contributed by atoms with Gasteiger partial charge in [0.2, 0.25) is 6.08 Å². The number of nitrogens with zero attached hydrogens (tertiary/aromatic N) is 1. The molecule has 1 rings (SSSR count). The third-order valence-electron chi connectivity index (χ3n) is 1.68. The Morgan fingerprint density at radius 2 is 2.00 bits per heavy atom. The van der Waals surface area contributed by atoms with Gasteiger partial charge in [-0.1, -0.05) is 30.3 Å². The van der Waals surface area contributed by atoms with E-state index in [-0.39, 0.29) is 5.78 Å². The fourth-order valence-electron chi connectivity index (χ4n) is 0.981. The lowest BCUT2D eigenvalue weighted by molar-refractivity contribution is 0.0969. The van der Waals surface area contributed by atoms with Crippen molar-refractivity contribution in [2.24, 2.45) is 4.99 Å². The van der Waals surface area contributed by atoms with Crippen molar-refractivity contribution in [3.8, 4) is 0 Å². The van der Waals surface area contributed by atoms with E-state index in [0.717, 1.165) is 0 Å². The van der Waals surface area contributed by atoms with Crippen LogP contribution in [0.4, 0.5) is 0 Å². The van der Waals surface area contributed by atoms with E-state index < -0.39 is 6.04 Å². The number of Topliss-reactive ketones (excluding diaryl/α,β-unsaturated/α-hetero) is 1. The first-order chi connectivity index (χ1) is 6.25. The SMILES string of the molecule is CC(N=C=O)C(=O)c1ccccc1. The average molecular weight is 175 g/mol. The molecule has 0 heterocycles. The molecule has 0 aliphatic rings. The van der Waals surface area contributed by atoms with Gasteiger partial charge in [0.15, 0.2) is 5.78 Å². The highest BCUT2D eigenvalue weighted by Crippen LogP contribution is 2.04. The first-order valence-electron chi connectivity index (χ1n) is 3.92. The Hall–Kier alpha value is -1.73. The smallest absolute Gasteiger partial charge is 0.235 e. The standard InChI is InChI=1S/C10H9NO2/c1-8(11-7-12)10(13)9-5-3-2-4-6-9/h2-6,8H,1H3. The van der Waals surface area contributed by atoms with Crippen LogP contribution in [0, 0.1) is 0 Å². The lowest BCUT2D eigenvalue weighted by Gasteiger charge is -2.01. The largest absolute Gasteiger partial charge is 0.292 e. The maximum absolute atomic E-state index is 11.5. The molecule has 13 heavy (non-hydrogen) atoms. The number of ketones is 1. The molecule has 1 unspecified atom stereocenters. The van der Waals surface area contributed by atoms with Crippen LogP contribution in [0.25, 0.3) is 0 Å². The second-order valence-corrected chi connectivity index (χ2v) is 2.63. The Balaban J connectivity index is 2.86. The summed E-state index contributed by atoms with van der Waals surface area (Å²) in [6.07, 6.45) is 1.37. The summed E-state index contributed by atoms with van der Waals surface area (Å²) in [5, 5.41) is 0. The summed E-state index contributed by atoms with van der Waals surface area (Å²) in [7, 11) is 0. The van der Waals surface area contributed by atoms with Gasteiger partial charge in [-0.3, -0.25) is 4.79 Å². The van der Waals surface area contributed by atoms with Crippen molar-refractivity contribution in [3.05, 3.63) is 35.9 Å². The van der Waals surface area contributed by atoms with Gasteiger partial charge in [0.25, 0.3) is 0 Å². The number of aliphatic imine (C=N–C) groups is 1. The average Bonchev–Trinajstić information content (AvgIpc) is 2.18. The van der Waals surface area contributed by atoms with Crippen molar-refractivity contribution < 1.29 is 9.59 Å². The van der Waals surface area contributed by atoms with Gasteiger partial charge in [0.05, 0.1) is 0 Å². The zero-order valence-corrected chi connectivity index (χ0v) is 7.23. The number of carbonyl (C=O) groups excluding carboxylic acids is 2. The Kier molecular flexibility index (Phi) is 3.12. The Bertz CT molecular complexity index is 339. The van der Waals surface area contributed by atoms with Crippen LogP contribution < -0.4 is 0 Å². The van der Waals surface area contributed by atoms with E-state index in [1.54, 1.807) is 31.2 Å². The van der Waals surface area contributed by atoms with Gasteiger partial charge in [-0.2, -0.15) is 4.99 Å². The molecule has 1 aromatic rings. The van der Waals surface area contributed by atoms with Crippen LogP contribution in [0.1, 0.15) is 17.3 Å². The zero-order valence-electron chi connectivity index (χ0n) is 7.23. The van der Waals surface area contributed by atoms with Gasteiger partial charge in [-0.25, -0.2) is 4.79 Å². The Morgan fingerprint density at radius 3 is 2.54 bits per heavy atom. The molecule has 0 fully saturated rings. The molecule has 0 radical (unpaired) electrons. The monoisotopic (exact) mass is 175 g/mol. The van der Waals surface area contributed by atoms with Crippen molar-refractivity contribution in [3.63, 3.8) is 0 Å². The molecular weight excluding hydrogens is 166 g/mol. The lowest BCUT2D eigenvalue weighted by Crippen LogP contribution is -2.14. The van der Waals surface area contributed by atoms with E-state index in [4.69, 9.17) is 0 Å². The highest BCUT2D eigenvalue weighted by molar-refractivity contribution is 6.00. The number of hydrogen-bond acceptors (Lipinski definition) is 3. The second-order valence-electron chi connectivity index (χ2n) is 2.63. The molecule has 0 amide bonds. The van der Waals surface area contributed by atoms with Crippen molar-refractivity contribution in [1.82, 2.24) is 0 Å². The normalized spacial score (nSPS) is 11.5. The summed E-state index contributed by atoms with van der Waals surface area (Å²) in [5.74, 6) is -0.163. The van der Waals surface area contributed by atoms with Gasteiger partial charge in [-0.15, -0.1) is 0 Å². The van der Waals surface area contributed by atoms with Gasteiger partial charge in [-0.05, 0) is 6.92 Å². The van der Waals surface area contributed by atoms with Crippen LogP contribution in [0.3, 0.4) is 0 Å². The van der Waals surface area contributed by atoms with Crippen molar-refractivity contribution in [2.75, 3.05) is 0 Å². The van der Waals surface area contributed by atoms with E-state index >= 15 is 0 Å². The topological polar surface area (TPSA) is 46.5 Å². The minimum Gasteiger partial charge on any atom is -0.292 e. The quantitative estimate of drug-likeness (QED) is 0.398. The number of hydrogen-bond donors (Lipinski definition) is 0. The first kappa shape index (κ1) is 9.36. The van der Waals surface area contributed by atoms with Crippen LogP contribution in [0.5, 0.6) is 0 Å². The molecule has 3 heteroatoms. The van der Waals surface area contributed by atoms with Crippen LogP contribution in [0.15, 0.2) is 35.3 Å². The number of carbonyl (C=O) groups is 1. The van der Waals surface area contributed by atoms with Crippen LogP contribution in [-0.4, -0.2) is 17.9 Å². The second kappa shape index (κ2) is 4.33. The summed E-state index contributed by atoms with van der Waals surface area (Å²) in [6, 6.07) is 8.11. The predicted octanol–water partition coefficient (Wildman–Crippen LogP) is 1.59. The molecule has 66 valence electrons. The fourth-order valence-corrected chi connectivity index (χ4v) is 0.981. The van der Waals surface area contributed by atoms with Gasteiger partial charge < -0.3 is 0 Å². The van der Waals surface area contributed by atoms with Crippen molar-refractivity contribution in [2.45, 2.75) is 13.0 Å². The summed E-state index contributed by atoms with van der Waals surface area (Å²) in [5.41, 5.74) is 0.564. The third-order valence-corrected chi connectivity index (χ3v) is 1.68. The molecule has 0 aliphatic carbocycles. The fraction of sp³-hybridized carbons (Fsp3) is 0.200. The molecule has 0 aromatic heterocycles. The molecular formula is C10H9NO2. The summed E-state index contributed by atoms with van der Waals surface area (Å²) >= 11 is 0. The van der Waals surface area contributed by atoms with E-state index in [1.807, 2.05) is 6.07 Å². The molecule has 0 aliphatic heterocycles. The Labute approximate surface area is 76.1 Å². The van der Waals surface area contributed by atoms with Gasteiger partial charge in [0, 0.05) is 5.56 Å². The lowest BCUT2D eigenvalue weighted by atomic mass is 10.1. The molecule has 1 aromatic carbocycles. The molecule has 0 bridgehead atoms.